The average Bonchev–Trinajstić information content (AvgIpc) is 2.73. The smallest absolute Gasteiger partial charge is 0.260 e. The maximum absolute atomic E-state index is 13.8. The molecule has 2 fully saturated rings. The fraction of sp³-hybridized carbons (Fsp3) is 0.462. The van der Waals surface area contributed by atoms with Gasteiger partial charge in [0.25, 0.3) is 5.91 Å². The van der Waals surface area contributed by atoms with Crippen LogP contribution in [0, 0.1) is 11.6 Å². The monoisotopic (exact) mass is 268 g/mol. The Morgan fingerprint density at radius 1 is 1.26 bits per heavy atom. The number of hydrogen-bond acceptors (Lipinski definition) is 3. The molecule has 0 spiro atoms. The number of amides is 1. The Balaban J connectivity index is 1.90. The van der Waals surface area contributed by atoms with E-state index in [1.54, 1.807) is 0 Å². The van der Waals surface area contributed by atoms with Gasteiger partial charge in [0.1, 0.15) is 11.4 Å². The Labute approximate surface area is 109 Å². The number of benzene rings is 1. The summed E-state index contributed by atoms with van der Waals surface area (Å²) in [4.78, 5) is 13.7. The van der Waals surface area contributed by atoms with Crippen LogP contribution in [0.4, 0.5) is 14.5 Å². The van der Waals surface area contributed by atoms with E-state index in [2.05, 4.69) is 0 Å². The van der Waals surface area contributed by atoms with Crippen LogP contribution in [0.1, 0.15) is 23.2 Å². The summed E-state index contributed by atoms with van der Waals surface area (Å²) in [5.74, 6) is -2.51. The molecule has 1 amide bonds. The van der Waals surface area contributed by atoms with E-state index in [0.29, 0.717) is 13.1 Å². The summed E-state index contributed by atoms with van der Waals surface area (Å²) in [5, 5.41) is 0. The van der Waals surface area contributed by atoms with Gasteiger partial charge in [0.2, 0.25) is 0 Å². The molecule has 0 aliphatic carbocycles. The second kappa shape index (κ2) is 4.45. The Kier molecular flexibility index (Phi) is 2.89. The van der Waals surface area contributed by atoms with E-state index in [4.69, 9.17) is 10.5 Å². The highest BCUT2D eigenvalue weighted by Crippen LogP contribution is 2.28. The zero-order valence-electron chi connectivity index (χ0n) is 10.2. The zero-order chi connectivity index (χ0) is 13.6. The lowest BCUT2D eigenvalue weighted by molar-refractivity contribution is -0.0306. The molecular formula is C13H14F2N2O2. The van der Waals surface area contributed by atoms with Crippen LogP contribution in [-0.4, -0.2) is 36.1 Å². The van der Waals surface area contributed by atoms with E-state index in [9.17, 15) is 13.6 Å². The number of morpholine rings is 1. The van der Waals surface area contributed by atoms with Crippen LogP contribution in [0.15, 0.2) is 12.1 Å². The van der Waals surface area contributed by atoms with E-state index >= 15 is 0 Å². The second-order valence-electron chi connectivity index (χ2n) is 4.99. The number of carbonyl (C=O) groups excluding carboxylic acids is 1. The molecule has 2 aliphatic rings. The summed E-state index contributed by atoms with van der Waals surface area (Å²) in [5.41, 5.74) is 4.60. The minimum absolute atomic E-state index is 0.0186. The van der Waals surface area contributed by atoms with Gasteiger partial charge in [-0.25, -0.2) is 8.78 Å². The third-order valence-corrected chi connectivity index (χ3v) is 3.67. The molecule has 1 aromatic rings. The minimum atomic E-state index is -0.983. The fourth-order valence-electron chi connectivity index (χ4n) is 2.70. The first-order valence-corrected chi connectivity index (χ1v) is 6.24. The molecule has 3 rings (SSSR count). The number of halogens is 2. The molecule has 102 valence electrons. The van der Waals surface area contributed by atoms with Crippen molar-refractivity contribution in [3.05, 3.63) is 29.3 Å². The summed E-state index contributed by atoms with van der Waals surface area (Å²) in [6, 6.07) is 2.13. The molecule has 2 aliphatic heterocycles. The van der Waals surface area contributed by atoms with Crippen molar-refractivity contribution in [3.8, 4) is 0 Å². The molecule has 2 unspecified atom stereocenters. The van der Waals surface area contributed by atoms with Gasteiger partial charge in [0.05, 0.1) is 17.9 Å². The quantitative estimate of drug-likeness (QED) is 0.786. The van der Waals surface area contributed by atoms with Crippen LogP contribution < -0.4 is 5.73 Å². The Bertz CT molecular complexity index is 524. The molecule has 2 heterocycles. The normalized spacial score (nSPS) is 25.7. The van der Waals surface area contributed by atoms with Gasteiger partial charge in [-0.2, -0.15) is 0 Å². The van der Waals surface area contributed by atoms with Crippen molar-refractivity contribution in [2.24, 2.45) is 0 Å². The van der Waals surface area contributed by atoms with Crippen molar-refractivity contribution in [2.45, 2.75) is 25.0 Å². The van der Waals surface area contributed by atoms with E-state index in [1.807, 2.05) is 0 Å². The SMILES string of the molecule is Nc1ccc(F)c(C(=O)N2CC3CCC(C2)O3)c1F. The number of hydrogen-bond donors (Lipinski definition) is 1. The van der Waals surface area contributed by atoms with Gasteiger partial charge in [0, 0.05) is 13.1 Å². The van der Waals surface area contributed by atoms with Crippen LogP contribution in [0.3, 0.4) is 0 Å². The second-order valence-corrected chi connectivity index (χ2v) is 4.99. The van der Waals surface area contributed by atoms with Gasteiger partial charge in [-0.3, -0.25) is 4.79 Å². The van der Waals surface area contributed by atoms with Crippen LogP contribution in [-0.2, 0) is 4.74 Å². The Hall–Kier alpha value is -1.69. The molecule has 2 atom stereocenters. The summed E-state index contributed by atoms with van der Waals surface area (Å²) < 4.78 is 33.1. The lowest BCUT2D eigenvalue weighted by Gasteiger charge is -2.32. The average molecular weight is 268 g/mol. The molecule has 4 nitrogen and oxygen atoms in total. The Morgan fingerprint density at radius 3 is 2.53 bits per heavy atom. The molecule has 0 saturated carbocycles. The van der Waals surface area contributed by atoms with Gasteiger partial charge in [0.15, 0.2) is 5.82 Å². The van der Waals surface area contributed by atoms with Crippen molar-refractivity contribution in [3.63, 3.8) is 0 Å². The van der Waals surface area contributed by atoms with Gasteiger partial charge >= 0.3 is 0 Å². The molecule has 2 bridgehead atoms. The lowest BCUT2D eigenvalue weighted by atomic mass is 10.1. The first-order valence-electron chi connectivity index (χ1n) is 6.24. The maximum atomic E-state index is 13.8. The summed E-state index contributed by atoms with van der Waals surface area (Å²) in [7, 11) is 0. The van der Waals surface area contributed by atoms with E-state index < -0.39 is 23.1 Å². The fourth-order valence-corrected chi connectivity index (χ4v) is 2.70. The van der Waals surface area contributed by atoms with Crippen molar-refractivity contribution in [1.82, 2.24) is 4.90 Å². The highest BCUT2D eigenvalue weighted by molar-refractivity contribution is 5.95. The Morgan fingerprint density at radius 2 is 1.89 bits per heavy atom. The number of rotatable bonds is 1. The third-order valence-electron chi connectivity index (χ3n) is 3.67. The predicted molar refractivity (Wildman–Crippen MR) is 64.6 cm³/mol. The first kappa shape index (κ1) is 12.3. The maximum Gasteiger partial charge on any atom is 0.260 e. The van der Waals surface area contributed by atoms with Crippen LogP contribution in [0.5, 0.6) is 0 Å². The minimum Gasteiger partial charge on any atom is -0.396 e. The molecule has 2 saturated heterocycles. The molecule has 19 heavy (non-hydrogen) atoms. The molecular weight excluding hydrogens is 254 g/mol. The molecule has 0 aromatic heterocycles. The lowest BCUT2D eigenvalue weighted by Crippen LogP contribution is -2.46. The summed E-state index contributed by atoms with van der Waals surface area (Å²) in [6.07, 6.45) is 1.73. The number of fused-ring (bicyclic) bond motifs is 2. The largest absolute Gasteiger partial charge is 0.396 e. The summed E-state index contributed by atoms with van der Waals surface area (Å²) >= 11 is 0. The molecule has 1 aromatic carbocycles. The van der Waals surface area contributed by atoms with Gasteiger partial charge in [-0.05, 0) is 25.0 Å². The number of anilines is 1. The molecule has 2 N–H and O–H groups in total. The van der Waals surface area contributed by atoms with Gasteiger partial charge in [-0.1, -0.05) is 0 Å². The number of ether oxygens (including phenoxy) is 1. The predicted octanol–water partition coefficient (Wildman–Crippen LogP) is 1.55. The van der Waals surface area contributed by atoms with Gasteiger partial charge < -0.3 is 15.4 Å². The third kappa shape index (κ3) is 2.06. The number of nitrogens with two attached hydrogens (primary N) is 1. The van der Waals surface area contributed by atoms with E-state index in [0.717, 1.165) is 25.0 Å². The number of carbonyl (C=O) groups is 1. The summed E-state index contributed by atoms with van der Waals surface area (Å²) in [6.45, 7) is 0.756. The first-order chi connectivity index (χ1) is 9.06. The standard InChI is InChI=1S/C13H14F2N2O2/c14-9-3-4-10(16)12(15)11(9)13(18)17-5-7-1-2-8(6-17)19-7/h3-4,7-8H,1-2,5-6,16H2. The number of likely N-dealkylation sites (tertiary alicyclic amines) is 1. The topological polar surface area (TPSA) is 55.6 Å². The highest BCUT2D eigenvalue weighted by Gasteiger charge is 2.37. The van der Waals surface area contributed by atoms with E-state index in [-0.39, 0.29) is 17.9 Å². The van der Waals surface area contributed by atoms with E-state index in [1.165, 1.54) is 4.90 Å². The van der Waals surface area contributed by atoms with Gasteiger partial charge in [-0.15, -0.1) is 0 Å². The number of nitrogen functional groups attached to an aromatic ring is 1. The van der Waals surface area contributed by atoms with Crippen LogP contribution >= 0.6 is 0 Å². The van der Waals surface area contributed by atoms with Crippen molar-refractivity contribution in [2.75, 3.05) is 18.8 Å². The van der Waals surface area contributed by atoms with Crippen molar-refractivity contribution < 1.29 is 18.3 Å². The highest BCUT2D eigenvalue weighted by atomic mass is 19.1. The molecule has 6 heteroatoms. The van der Waals surface area contributed by atoms with Crippen LogP contribution in [0.25, 0.3) is 0 Å². The van der Waals surface area contributed by atoms with Crippen molar-refractivity contribution in [1.29, 1.82) is 0 Å². The zero-order valence-corrected chi connectivity index (χ0v) is 10.2. The molecule has 0 radical (unpaired) electrons. The van der Waals surface area contributed by atoms with Crippen LogP contribution in [0.2, 0.25) is 0 Å². The van der Waals surface area contributed by atoms with Crippen molar-refractivity contribution >= 4 is 11.6 Å². The number of nitrogens with zero attached hydrogens (tertiary/aromatic N) is 1.